The molecule has 10 heteroatoms. The van der Waals surface area contributed by atoms with Gasteiger partial charge in [0.1, 0.15) is 6.67 Å². The molecule has 146 valence electrons. The lowest BCUT2D eigenvalue weighted by molar-refractivity contribution is -0.137. The number of halogens is 3. The number of rotatable bonds is 6. The SMILES string of the molecule is CN(CC(=O)Nc1ccccc1C(F)(F)F)Cn1nnc(-c2ccccc2)n1. The van der Waals surface area contributed by atoms with Crippen LogP contribution in [0.5, 0.6) is 0 Å². The average molecular weight is 390 g/mol. The van der Waals surface area contributed by atoms with Crippen LogP contribution in [0.2, 0.25) is 0 Å². The molecule has 0 saturated heterocycles. The molecule has 0 aliphatic rings. The van der Waals surface area contributed by atoms with E-state index in [-0.39, 0.29) is 18.9 Å². The normalized spacial score (nSPS) is 11.6. The number of para-hydroxylation sites is 1. The summed E-state index contributed by atoms with van der Waals surface area (Å²) in [5.41, 5.74) is -0.368. The Morgan fingerprint density at radius 2 is 1.79 bits per heavy atom. The summed E-state index contributed by atoms with van der Waals surface area (Å²) in [5, 5.41) is 14.4. The minimum absolute atomic E-state index is 0.144. The standard InChI is InChI=1S/C18H17F3N6O/c1-26(12-27-24-17(23-25-27)13-7-3-2-4-8-13)11-16(28)22-15-10-6-5-9-14(15)18(19,20)21/h2-10H,11-12H2,1H3,(H,22,28). The van der Waals surface area contributed by atoms with Gasteiger partial charge in [-0.3, -0.25) is 9.69 Å². The fourth-order valence-electron chi connectivity index (χ4n) is 2.55. The Morgan fingerprint density at radius 1 is 1.11 bits per heavy atom. The smallest absolute Gasteiger partial charge is 0.324 e. The second-order valence-corrected chi connectivity index (χ2v) is 6.10. The van der Waals surface area contributed by atoms with Crippen LogP contribution in [0.4, 0.5) is 18.9 Å². The first-order valence-electron chi connectivity index (χ1n) is 8.31. The predicted molar refractivity (Wildman–Crippen MR) is 96.0 cm³/mol. The summed E-state index contributed by atoms with van der Waals surface area (Å²) in [6, 6.07) is 14.1. The Bertz CT molecular complexity index is 942. The van der Waals surface area contributed by atoms with Gasteiger partial charge in [0, 0.05) is 5.56 Å². The molecule has 0 unspecified atom stereocenters. The first-order valence-corrected chi connectivity index (χ1v) is 8.31. The lowest BCUT2D eigenvalue weighted by atomic mass is 10.1. The molecule has 3 aromatic rings. The molecule has 0 radical (unpaired) electrons. The number of alkyl halides is 3. The van der Waals surface area contributed by atoms with Gasteiger partial charge in [-0.25, -0.2) is 0 Å². The molecule has 0 bridgehead atoms. The molecule has 2 aromatic carbocycles. The monoisotopic (exact) mass is 390 g/mol. The molecule has 0 aliphatic heterocycles. The molecule has 0 atom stereocenters. The minimum Gasteiger partial charge on any atom is -0.324 e. The van der Waals surface area contributed by atoms with Crippen molar-refractivity contribution in [2.75, 3.05) is 18.9 Å². The number of tetrazole rings is 1. The zero-order valence-electron chi connectivity index (χ0n) is 14.9. The molecule has 0 spiro atoms. The van der Waals surface area contributed by atoms with E-state index in [9.17, 15) is 18.0 Å². The highest BCUT2D eigenvalue weighted by Gasteiger charge is 2.33. The first-order chi connectivity index (χ1) is 13.3. The van der Waals surface area contributed by atoms with Gasteiger partial charge in [0.15, 0.2) is 0 Å². The Kier molecular flexibility index (Phi) is 5.69. The summed E-state index contributed by atoms with van der Waals surface area (Å²) >= 11 is 0. The van der Waals surface area contributed by atoms with Crippen molar-refractivity contribution in [3.63, 3.8) is 0 Å². The zero-order valence-corrected chi connectivity index (χ0v) is 14.9. The van der Waals surface area contributed by atoms with Crippen LogP contribution in [0, 0.1) is 0 Å². The lowest BCUT2D eigenvalue weighted by Gasteiger charge is -2.17. The van der Waals surface area contributed by atoms with E-state index in [4.69, 9.17) is 0 Å². The summed E-state index contributed by atoms with van der Waals surface area (Å²) in [6.45, 7) is 0.00255. The molecular weight excluding hydrogens is 373 g/mol. The fourth-order valence-corrected chi connectivity index (χ4v) is 2.55. The zero-order chi connectivity index (χ0) is 20.1. The van der Waals surface area contributed by atoms with Crippen LogP contribution < -0.4 is 5.32 Å². The molecule has 0 saturated carbocycles. The summed E-state index contributed by atoms with van der Waals surface area (Å²) in [4.78, 5) is 15.0. The number of hydrogen-bond donors (Lipinski definition) is 1. The predicted octanol–water partition coefficient (Wildman–Crippen LogP) is 2.89. The van der Waals surface area contributed by atoms with Crippen molar-refractivity contribution in [1.29, 1.82) is 0 Å². The van der Waals surface area contributed by atoms with Gasteiger partial charge in [0.25, 0.3) is 0 Å². The second-order valence-electron chi connectivity index (χ2n) is 6.10. The Hall–Kier alpha value is -3.27. The molecule has 28 heavy (non-hydrogen) atoms. The molecule has 0 fully saturated rings. The number of nitrogens with zero attached hydrogens (tertiary/aromatic N) is 5. The number of likely N-dealkylation sites (N-methyl/N-ethyl adjacent to an activating group) is 1. The largest absolute Gasteiger partial charge is 0.418 e. The van der Waals surface area contributed by atoms with Crippen molar-refractivity contribution in [3.8, 4) is 11.4 Å². The maximum Gasteiger partial charge on any atom is 0.418 e. The van der Waals surface area contributed by atoms with E-state index >= 15 is 0 Å². The molecule has 1 aromatic heterocycles. The van der Waals surface area contributed by atoms with Crippen molar-refractivity contribution in [2.24, 2.45) is 0 Å². The van der Waals surface area contributed by atoms with Crippen molar-refractivity contribution >= 4 is 11.6 Å². The molecule has 1 N–H and O–H groups in total. The second kappa shape index (κ2) is 8.17. The van der Waals surface area contributed by atoms with Gasteiger partial charge in [-0.05, 0) is 24.4 Å². The van der Waals surface area contributed by atoms with Crippen molar-refractivity contribution in [2.45, 2.75) is 12.8 Å². The highest BCUT2D eigenvalue weighted by Crippen LogP contribution is 2.34. The van der Waals surface area contributed by atoms with Crippen LogP contribution in [0.25, 0.3) is 11.4 Å². The highest BCUT2D eigenvalue weighted by atomic mass is 19.4. The number of aromatic nitrogens is 4. The van der Waals surface area contributed by atoms with Gasteiger partial charge >= 0.3 is 6.18 Å². The number of amides is 1. The fraction of sp³-hybridized carbons (Fsp3) is 0.222. The van der Waals surface area contributed by atoms with Gasteiger partial charge in [-0.15, -0.1) is 15.0 Å². The summed E-state index contributed by atoms with van der Waals surface area (Å²) in [6.07, 6.45) is -4.55. The van der Waals surface area contributed by atoms with Crippen LogP contribution >= 0.6 is 0 Å². The van der Waals surface area contributed by atoms with Crippen molar-refractivity contribution in [3.05, 3.63) is 60.2 Å². The van der Waals surface area contributed by atoms with Crippen molar-refractivity contribution < 1.29 is 18.0 Å². The van der Waals surface area contributed by atoms with Gasteiger partial charge in [-0.1, -0.05) is 42.5 Å². The van der Waals surface area contributed by atoms with E-state index < -0.39 is 17.6 Å². The van der Waals surface area contributed by atoms with Crippen LogP contribution in [0.15, 0.2) is 54.6 Å². The maximum absolute atomic E-state index is 13.0. The minimum atomic E-state index is -4.55. The van der Waals surface area contributed by atoms with Gasteiger partial charge in [0.05, 0.1) is 17.8 Å². The van der Waals surface area contributed by atoms with E-state index in [2.05, 4.69) is 20.7 Å². The van der Waals surface area contributed by atoms with Crippen LogP contribution in [0.3, 0.4) is 0 Å². The van der Waals surface area contributed by atoms with E-state index in [1.54, 1.807) is 11.9 Å². The third-order valence-corrected chi connectivity index (χ3v) is 3.77. The maximum atomic E-state index is 13.0. The summed E-state index contributed by atoms with van der Waals surface area (Å²) in [7, 11) is 1.63. The quantitative estimate of drug-likeness (QED) is 0.701. The van der Waals surface area contributed by atoms with Gasteiger partial charge in [0.2, 0.25) is 11.7 Å². The first kappa shape index (κ1) is 19.5. The van der Waals surface area contributed by atoms with E-state index in [1.165, 1.54) is 23.0 Å². The number of carbonyl (C=O) groups excluding carboxylic acids is 1. The van der Waals surface area contributed by atoms with Gasteiger partial charge < -0.3 is 5.32 Å². The average Bonchev–Trinajstić information content (AvgIpc) is 3.10. The van der Waals surface area contributed by atoms with E-state index in [1.807, 2.05) is 30.3 Å². The Labute approximate surface area is 158 Å². The molecule has 0 aliphatic carbocycles. The van der Waals surface area contributed by atoms with E-state index in [0.717, 1.165) is 11.6 Å². The third kappa shape index (κ3) is 4.92. The number of anilines is 1. The summed E-state index contributed by atoms with van der Waals surface area (Å²) in [5.74, 6) is -0.139. The van der Waals surface area contributed by atoms with Crippen LogP contribution in [-0.2, 0) is 17.6 Å². The highest BCUT2D eigenvalue weighted by molar-refractivity contribution is 5.93. The topological polar surface area (TPSA) is 75.9 Å². The number of benzene rings is 2. The summed E-state index contributed by atoms with van der Waals surface area (Å²) < 4.78 is 39.0. The number of carbonyl (C=O) groups is 1. The molecule has 1 amide bonds. The Morgan fingerprint density at radius 3 is 2.50 bits per heavy atom. The molecule has 3 rings (SSSR count). The Balaban J connectivity index is 1.59. The van der Waals surface area contributed by atoms with Crippen molar-refractivity contribution in [1.82, 2.24) is 25.1 Å². The van der Waals surface area contributed by atoms with Crippen LogP contribution in [-0.4, -0.2) is 44.6 Å². The molecule has 7 nitrogen and oxygen atoms in total. The molecular formula is C18H17F3N6O. The molecule has 1 heterocycles. The van der Waals surface area contributed by atoms with E-state index in [0.29, 0.717) is 5.82 Å². The number of hydrogen-bond acceptors (Lipinski definition) is 5. The van der Waals surface area contributed by atoms with Crippen LogP contribution in [0.1, 0.15) is 5.56 Å². The van der Waals surface area contributed by atoms with Gasteiger partial charge in [-0.2, -0.15) is 13.2 Å². The third-order valence-electron chi connectivity index (χ3n) is 3.77. The number of nitrogens with one attached hydrogen (secondary N) is 1. The lowest BCUT2D eigenvalue weighted by Crippen LogP contribution is -2.32.